The lowest BCUT2D eigenvalue weighted by atomic mass is 10.1. The molecule has 132 valence electrons. The predicted octanol–water partition coefficient (Wildman–Crippen LogP) is 4.85. The van der Waals surface area contributed by atoms with Gasteiger partial charge >= 0.3 is 0 Å². The van der Waals surface area contributed by atoms with Gasteiger partial charge in [-0.25, -0.2) is 0 Å². The van der Waals surface area contributed by atoms with Crippen LogP contribution in [0.1, 0.15) is 5.56 Å². The second-order valence-corrected chi connectivity index (χ2v) is 6.71. The van der Waals surface area contributed by atoms with Crippen molar-refractivity contribution in [3.8, 4) is 22.7 Å². The first-order chi connectivity index (χ1) is 13.3. The summed E-state index contributed by atoms with van der Waals surface area (Å²) in [5.41, 5.74) is 4.12. The Morgan fingerprint density at radius 2 is 1.48 bits per heavy atom. The highest BCUT2D eigenvalue weighted by atomic mass is 32.1. The van der Waals surface area contributed by atoms with Crippen LogP contribution in [-0.4, -0.2) is 15.9 Å². The number of hydrogen-bond donors (Lipinski definition) is 1. The quantitative estimate of drug-likeness (QED) is 0.405. The molecule has 0 unspecified atom stereocenters. The van der Waals surface area contributed by atoms with Crippen LogP contribution < -0.4 is 4.80 Å². The van der Waals surface area contributed by atoms with Crippen LogP contribution in [0.25, 0.3) is 16.9 Å². The number of para-hydroxylation sites is 1. The van der Waals surface area contributed by atoms with E-state index in [1.807, 2.05) is 36.4 Å². The van der Waals surface area contributed by atoms with Gasteiger partial charge < -0.3 is 5.11 Å². The minimum Gasteiger partial charge on any atom is -0.508 e. The molecule has 0 atom stereocenters. The molecular weight excluding hydrogens is 354 g/mol. The van der Waals surface area contributed by atoms with Crippen LogP contribution in [-0.2, 0) is 0 Å². The van der Waals surface area contributed by atoms with E-state index in [1.54, 1.807) is 41.8 Å². The Bertz CT molecular complexity index is 1110. The lowest BCUT2D eigenvalue weighted by Crippen LogP contribution is -2.13. The molecule has 4 nitrogen and oxygen atoms in total. The van der Waals surface area contributed by atoms with Crippen LogP contribution in [0.15, 0.2) is 101 Å². The summed E-state index contributed by atoms with van der Waals surface area (Å²) >= 11 is 1.55. The number of nitrogens with zero attached hydrogens (tertiary/aromatic N) is 3. The molecule has 0 saturated carbocycles. The van der Waals surface area contributed by atoms with Gasteiger partial charge in [0.2, 0.25) is 4.80 Å². The van der Waals surface area contributed by atoms with Gasteiger partial charge in [-0.3, -0.25) is 4.57 Å². The number of aromatic nitrogens is 1. The highest BCUT2D eigenvalue weighted by Crippen LogP contribution is 2.23. The number of hydrogen-bond acceptors (Lipinski definition) is 4. The molecule has 0 radical (unpaired) electrons. The van der Waals surface area contributed by atoms with E-state index in [9.17, 15) is 5.11 Å². The molecule has 0 spiro atoms. The molecule has 0 aliphatic heterocycles. The maximum Gasteiger partial charge on any atom is 0.215 e. The Morgan fingerprint density at radius 3 is 2.19 bits per heavy atom. The predicted molar refractivity (Wildman–Crippen MR) is 110 cm³/mol. The van der Waals surface area contributed by atoms with Crippen LogP contribution in [0.5, 0.6) is 5.75 Å². The Hall–Kier alpha value is -3.44. The summed E-state index contributed by atoms with van der Waals surface area (Å²) in [6, 6.07) is 27.2. The largest absolute Gasteiger partial charge is 0.508 e. The smallest absolute Gasteiger partial charge is 0.215 e. The number of aromatic hydroxyl groups is 1. The van der Waals surface area contributed by atoms with Gasteiger partial charge in [0.05, 0.1) is 11.9 Å². The van der Waals surface area contributed by atoms with Crippen molar-refractivity contribution in [1.29, 1.82) is 0 Å². The first-order valence-electron chi connectivity index (χ1n) is 8.49. The third-order valence-corrected chi connectivity index (χ3v) is 4.85. The molecule has 0 saturated heterocycles. The molecule has 0 aliphatic carbocycles. The molecule has 1 aromatic heterocycles. The standard InChI is InChI=1S/C22H17N3OS/c26-20-13-11-17(12-14-20)15-23-24-22-25(19-9-5-2-6-10-19)21(16-27-22)18-7-3-1-4-8-18/h1-16,26H/b23-15+,24-22+. The van der Waals surface area contributed by atoms with Gasteiger partial charge in [-0.15, -0.1) is 16.4 Å². The van der Waals surface area contributed by atoms with E-state index in [4.69, 9.17) is 0 Å². The number of benzene rings is 3. The van der Waals surface area contributed by atoms with Gasteiger partial charge in [0, 0.05) is 11.1 Å². The Morgan fingerprint density at radius 1 is 0.815 bits per heavy atom. The number of phenolic OH excluding ortho intramolecular Hbond substituents is 1. The molecule has 3 aromatic carbocycles. The molecule has 0 amide bonds. The van der Waals surface area contributed by atoms with Crippen LogP contribution >= 0.6 is 11.3 Å². The molecule has 1 N–H and O–H groups in total. The van der Waals surface area contributed by atoms with Gasteiger partial charge in [0.1, 0.15) is 5.75 Å². The molecule has 1 heterocycles. The van der Waals surface area contributed by atoms with Gasteiger partial charge in [0.15, 0.2) is 0 Å². The molecule has 0 aliphatic rings. The van der Waals surface area contributed by atoms with Crippen molar-refractivity contribution in [3.63, 3.8) is 0 Å². The van der Waals surface area contributed by atoms with Crippen LogP contribution in [0.2, 0.25) is 0 Å². The van der Waals surface area contributed by atoms with Crippen molar-refractivity contribution in [1.82, 2.24) is 4.57 Å². The second-order valence-electron chi connectivity index (χ2n) is 5.88. The highest BCUT2D eigenvalue weighted by molar-refractivity contribution is 7.07. The van der Waals surface area contributed by atoms with E-state index < -0.39 is 0 Å². The zero-order valence-corrected chi connectivity index (χ0v) is 15.3. The highest BCUT2D eigenvalue weighted by Gasteiger charge is 2.09. The van der Waals surface area contributed by atoms with Crippen LogP contribution in [0.4, 0.5) is 0 Å². The van der Waals surface area contributed by atoms with Gasteiger partial charge in [-0.05, 0) is 47.5 Å². The topological polar surface area (TPSA) is 49.9 Å². The molecule has 5 heteroatoms. The molecule has 0 bridgehead atoms. The number of thiazole rings is 1. The maximum absolute atomic E-state index is 9.36. The van der Waals surface area contributed by atoms with Gasteiger partial charge in [-0.1, -0.05) is 48.5 Å². The third kappa shape index (κ3) is 3.88. The van der Waals surface area contributed by atoms with E-state index in [2.05, 4.69) is 44.4 Å². The fourth-order valence-electron chi connectivity index (χ4n) is 2.72. The summed E-state index contributed by atoms with van der Waals surface area (Å²) in [5.74, 6) is 0.233. The lowest BCUT2D eigenvalue weighted by Gasteiger charge is -2.08. The average molecular weight is 371 g/mol. The van der Waals surface area contributed by atoms with Crippen molar-refractivity contribution in [2.24, 2.45) is 10.2 Å². The summed E-state index contributed by atoms with van der Waals surface area (Å²) in [6.07, 6.45) is 1.68. The maximum atomic E-state index is 9.36. The van der Waals surface area contributed by atoms with Crippen molar-refractivity contribution >= 4 is 17.6 Å². The van der Waals surface area contributed by atoms with Crippen molar-refractivity contribution in [2.45, 2.75) is 0 Å². The fraction of sp³-hybridized carbons (Fsp3) is 0. The summed E-state index contributed by atoms with van der Waals surface area (Å²) in [7, 11) is 0. The van der Waals surface area contributed by atoms with E-state index in [0.29, 0.717) is 0 Å². The zero-order valence-electron chi connectivity index (χ0n) is 14.4. The van der Waals surface area contributed by atoms with Gasteiger partial charge in [-0.2, -0.15) is 5.10 Å². The molecule has 27 heavy (non-hydrogen) atoms. The number of rotatable bonds is 4. The molecule has 4 aromatic rings. The molecular formula is C22H17N3OS. The van der Waals surface area contributed by atoms with E-state index >= 15 is 0 Å². The molecule has 0 fully saturated rings. The average Bonchev–Trinajstić information content (AvgIpc) is 3.15. The summed E-state index contributed by atoms with van der Waals surface area (Å²) in [6.45, 7) is 0. The van der Waals surface area contributed by atoms with Crippen molar-refractivity contribution in [3.05, 3.63) is 101 Å². The normalized spacial score (nSPS) is 11.9. The van der Waals surface area contributed by atoms with E-state index in [-0.39, 0.29) is 5.75 Å². The lowest BCUT2D eigenvalue weighted by molar-refractivity contribution is 0.475. The second kappa shape index (κ2) is 7.85. The van der Waals surface area contributed by atoms with E-state index in [1.165, 1.54) is 0 Å². The first kappa shape index (κ1) is 17.0. The van der Waals surface area contributed by atoms with Crippen molar-refractivity contribution < 1.29 is 5.11 Å². The fourth-order valence-corrected chi connectivity index (χ4v) is 3.59. The van der Waals surface area contributed by atoms with Crippen LogP contribution in [0, 0.1) is 0 Å². The Kier molecular flexibility index (Phi) is 4.94. The monoisotopic (exact) mass is 371 g/mol. The Labute approximate surface area is 161 Å². The zero-order chi connectivity index (χ0) is 18.5. The summed E-state index contributed by atoms with van der Waals surface area (Å²) < 4.78 is 2.11. The van der Waals surface area contributed by atoms with Crippen molar-refractivity contribution in [2.75, 3.05) is 0 Å². The van der Waals surface area contributed by atoms with Crippen LogP contribution in [0.3, 0.4) is 0 Å². The summed E-state index contributed by atoms with van der Waals surface area (Å²) in [5, 5.41) is 20.1. The SMILES string of the molecule is Oc1ccc(/C=N/N=c2/scc(-c3ccccc3)n2-c2ccccc2)cc1. The summed E-state index contributed by atoms with van der Waals surface area (Å²) in [4.78, 5) is 0.787. The Balaban J connectivity index is 1.79. The first-order valence-corrected chi connectivity index (χ1v) is 9.37. The molecule has 4 rings (SSSR count). The number of phenols is 1. The van der Waals surface area contributed by atoms with E-state index in [0.717, 1.165) is 27.3 Å². The minimum absolute atomic E-state index is 0.233. The minimum atomic E-state index is 0.233. The third-order valence-electron chi connectivity index (χ3n) is 4.04. The van der Waals surface area contributed by atoms with Gasteiger partial charge in [0.25, 0.3) is 0 Å².